The quantitative estimate of drug-likeness (QED) is 0.0351. The summed E-state index contributed by atoms with van der Waals surface area (Å²) in [5.41, 5.74) is 0. The summed E-state index contributed by atoms with van der Waals surface area (Å²) in [5, 5.41) is 0. The molecule has 0 aliphatic carbocycles. The molecule has 0 aromatic carbocycles. The van der Waals surface area contributed by atoms with Gasteiger partial charge in [-0.1, -0.05) is 226 Å². The van der Waals surface area contributed by atoms with Gasteiger partial charge in [0.05, 0.1) is 0 Å². The van der Waals surface area contributed by atoms with Crippen molar-refractivity contribution in [3.05, 3.63) is 0 Å². The fourth-order valence-corrected chi connectivity index (χ4v) is 7.03. The highest BCUT2D eigenvalue weighted by atomic mass is 16.6. The highest BCUT2D eigenvalue weighted by Crippen LogP contribution is 2.16. The molecule has 0 rings (SSSR count). The molecule has 6 nitrogen and oxygen atoms in total. The van der Waals surface area contributed by atoms with Gasteiger partial charge in [-0.25, -0.2) is 0 Å². The van der Waals surface area contributed by atoms with Crippen LogP contribution in [0.2, 0.25) is 0 Å². The zero-order valence-electron chi connectivity index (χ0n) is 35.8. The van der Waals surface area contributed by atoms with Crippen LogP contribution in [0.5, 0.6) is 0 Å². The minimum Gasteiger partial charge on any atom is -0.462 e. The Balaban J connectivity index is 4.30. The summed E-state index contributed by atoms with van der Waals surface area (Å²) in [4.78, 5) is 37.7. The normalized spacial score (nSPS) is 11.8. The van der Waals surface area contributed by atoms with Gasteiger partial charge in [0.25, 0.3) is 0 Å². The van der Waals surface area contributed by atoms with Gasteiger partial charge in [-0.2, -0.15) is 0 Å². The van der Waals surface area contributed by atoms with E-state index in [-0.39, 0.29) is 31.1 Å². The molecule has 53 heavy (non-hydrogen) atoms. The topological polar surface area (TPSA) is 78.9 Å². The van der Waals surface area contributed by atoms with Gasteiger partial charge in [0.2, 0.25) is 0 Å². The van der Waals surface area contributed by atoms with Gasteiger partial charge < -0.3 is 14.2 Å². The second-order valence-corrected chi connectivity index (χ2v) is 16.0. The zero-order valence-corrected chi connectivity index (χ0v) is 35.8. The molecule has 0 radical (unpaired) electrons. The summed E-state index contributed by atoms with van der Waals surface area (Å²) in [7, 11) is 0. The van der Waals surface area contributed by atoms with Crippen molar-refractivity contribution < 1.29 is 28.6 Å². The van der Waals surface area contributed by atoms with Gasteiger partial charge in [-0.05, 0) is 19.3 Å². The predicted octanol–water partition coefficient (Wildman–Crippen LogP) is 14.9. The van der Waals surface area contributed by atoms with Crippen LogP contribution in [0.4, 0.5) is 0 Å². The number of carbonyl (C=O) groups excluding carboxylic acids is 3. The average molecular weight is 751 g/mol. The zero-order chi connectivity index (χ0) is 38.7. The van der Waals surface area contributed by atoms with E-state index in [1.54, 1.807) is 0 Å². The molecule has 1 atom stereocenters. The lowest BCUT2D eigenvalue weighted by Crippen LogP contribution is -2.30. The number of hydrogen-bond donors (Lipinski definition) is 0. The molecule has 0 fully saturated rings. The van der Waals surface area contributed by atoms with Crippen LogP contribution in [0, 0.1) is 0 Å². The molecular weight excluding hydrogens is 661 g/mol. The molecule has 314 valence electrons. The summed E-state index contributed by atoms with van der Waals surface area (Å²) < 4.78 is 16.7. The molecule has 0 bridgehead atoms. The van der Waals surface area contributed by atoms with E-state index in [9.17, 15) is 14.4 Å². The van der Waals surface area contributed by atoms with Crippen LogP contribution in [0.15, 0.2) is 0 Å². The van der Waals surface area contributed by atoms with Crippen molar-refractivity contribution in [3.63, 3.8) is 0 Å². The van der Waals surface area contributed by atoms with Crippen LogP contribution < -0.4 is 0 Å². The van der Waals surface area contributed by atoms with Gasteiger partial charge in [-0.15, -0.1) is 0 Å². The number of esters is 3. The Morgan fingerprint density at radius 3 is 0.755 bits per heavy atom. The molecule has 0 aromatic heterocycles. The molecule has 0 N–H and O–H groups in total. The monoisotopic (exact) mass is 751 g/mol. The van der Waals surface area contributed by atoms with E-state index in [1.165, 1.54) is 167 Å². The maximum atomic E-state index is 12.7. The second kappa shape index (κ2) is 43.1. The molecule has 0 saturated carbocycles. The maximum Gasteiger partial charge on any atom is 0.306 e. The SMILES string of the molecule is CCCCCCCCCCCCCCCCC(=O)O[C@H](COC(=O)CCCCCCCCCCC)COC(=O)CCCCCCCCCCCCCC. The Morgan fingerprint density at radius 2 is 0.509 bits per heavy atom. The molecule has 0 heterocycles. The van der Waals surface area contributed by atoms with E-state index < -0.39 is 6.10 Å². The van der Waals surface area contributed by atoms with Crippen LogP contribution in [-0.2, 0) is 28.6 Å². The van der Waals surface area contributed by atoms with Crippen LogP contribution >= 0.6 is 0 Å². The third-order valence-electron chi connectivity index (χ3n) is 10.6. The van der Waals surface area contributed by atoms with Crippen molar-refractivity contribution in [2.24, 2.45) is 0 Å². The fourth-order valence-electron chi connectivity index (χ4n) is 7.03. The smallest absolute Gasteiger partial charge is 0.306 e. The molecule has 6 heteroatoms. The minimum absolute atomic E-state index is 0.0626. The summed E-state index contributed by atoms with van der Waals surface area (Å²) in [5.74, 6) is -0.851. The van der Waals surface area contributed by atoms with Crippen molar-refractivity contribution in [2.45, 2.75) is 271 Å². The van der Waals surface area contributed by atoms with Crippen molar-refractivity contribution in [1.82, 2.24) is 0 Å². The number of rotatable bonds is 43. The van der Waals surface area contributed by atoms with E-state index in [0.29, 0.717) is 19.3 Å². The largest absolute Gasteiger partial charge is 0.462 e. The number of carbonyl (C=O) groups is 3. The Bertz CT molecular complexity index is 783. The highest BCUT2D eigenvalue weighted by molar-refractivity contribution is 5.71. The average Bonchev–Trinajstić information content (AvgIpc) is 3.15. The molecular formula is C47H90O6. The molecule has 0 aromatic rings. The van der Waals surface area contributed by atoms with E-state index in [4.69, 9.17) is 14.2 Å². The lowest BCUT2D eigenvalue weighted by molar-refractivity contribution is -0.167. The van der Waals surface area contributed by atoms with Gasteiger partial charge in [-0.3, -0.25) is 14.4 Å². The minimum atomic E-state index is -0.757. The summed E-state index contributed by atoms with van der Waals surface area (Å²) in [6.07, 6.45) is 43.7. The standard InChI is InChI=1S/C47H90O6/c1-4-7-10-13-16-19-21-23-24-26-29-32-35-38-41-47(50)53-44(42-51-45(48)39-36-33-30-27-18-15-12-9-6-3)43-52-46(49)40-37-34-31-28-25-22-20-17-14-11-8-5-2/h44H,4-43H2,1-3H3/t44-/m1/s1. The summed E-state index contributed by atoms with van der Waals surface area (Å²) in [6.45, 7) is 6.64. The van der Waals surface area contributed by atoms with Crippen molar-refractivity contribution in [2.75, 3.05) is 13.2 Å². The first-order valence-corrected chi connectivity index (χ1v) is 23.5. The number of ether oxygens (including phenoxy) is 3. The number of unbranched alkanes of at least 4 members (excludes halogenated alkanes) is 32. The Kier molecular flexibility index (Phi) is 41.8. The van der Waals surface area contributed by atoms with Crippen molar-refractivity contribution in [1.29, 1.82) is 0 Å². The first-order valence-electron chi connectivity index (χ1n) is 23.5. The van der Waals surface area contributed by atoms with Crippen LogP contribution in [0.3, 0.4) is 0 Å². The molecule has 0 spiro atoms. The first-order chi connectivity index (χ1) is 26.0. The van der Waals surface area contributed by atoms with Crippen LogP contribution in [0.1, 0.15) is 265 Å². The summed E-state index contributed by atoms with van der Waals surface area (Å²) in [6, 6.07) is 0. The van der Waals surface area contributed by atoms with E-state index in [1.807, 2.05) is 0 Å². The molecule has 0 aliphatic rings. The predicted molar refractivity (Wildman–Crippen MR) is 224 cm³/mol. The van der Waals surface area contributed by atoms with Crippen molar-refractivity contribution in [3.8, 4) is 0 Å². The Morgan fingerprint density at radius 1 is 0.302 bits per heavy atom. The van der Waals surface area contributed by atoms with Crippen LogP contribution in [-0.4, -0.2) is 37.2 Å². The van der Waals surface area contributed by atoms with E-state index in [2.05, 4.69) is 20.8 Å². The van der Waals surface area contributed by atoms with E-state index >= 15 is 0 Å². The summed E-state index contributed by atoms with van der Waals surface area (Å²) >= 11 is 0. The molecule has 0 aliphatic heterocycles. The number of hydrogen-bond acceptors (Lipinski definition) is 6. The molecule has 0 amide bonds. The third kappa shape index (κ3) is 41.4. The molecule has 0 saturated heterocycles. The van der Waals surface area contributed by atoms with Gasteiger partial charge >= 0.3 is 17.9 Å². The second-order valence-electron chi connectivity index (χ2n) is 16.0. The Hall–Kier alpha value is -1.59. The fraction of sp³-hybridized carbons (Fsp3) is 0.936. The molecule has 0 unspecified atom stereocenters. The van der Waals surface area contributed by atoms with Crippen molar-refractivity contribution >= 4 is 17.9 Å². The lowest BCUT2D eigenvalue weighted by Gasteiger charge is -2.18. The van der Waals surface area contributed by atoms with Gasteiger partial charge in [0.15, 0.2) is 6.10 Å². The lowest BCUT2D eigenvalue weighted by atomic mass is 10.0. The Labute approximate surface area is 329 Å². The maximum absolute atomic E-state index is 12.7. The first kappa shape index (κ1) is 51.4. The van der Waals surface area contributed by atoms with Gasteiger partial charge in [0.1, 0.15) is 13.2 Å². The highest BCUT2D eigenvalue weighted by Gasteiger charge is 2.19. The van der Waals surface area contributed by atoms with Gasteiger partial charge in [0, 0.05) is 19.3 Å². The third-order valence-corrected chi connectivity index (χ3v) is 10.6. The van der Waals surface area contributed by atoms with Crippen LogP contribution in [0.25, 0.3) is 0 Å². The van der Waals surface area contributed by atoms with E-state index in [0.717, 1.165) is 57.8 Å².